The molecular weight excluding hydrogens is 318 g/mol. The third kappa shape index (κ3) is 4.54. The van der Waals surface area contributed by atoms with E-state index >= 15 is 0 Å². The molecule has 0 fully saturated rings. The summed E-state index contributed by atoms with van der Waals surface area (Å²) < 4.78 is 33.3. The molecule has 2 N–H and O–H groups in total. The van der Waals surface area contributed by atoms with E-state index in [-0.39, 0.29) is 29.5 Å². The first-order valence-corrected chi connectivity index (χ1v) is 8.38. The highest BCUT2D eigenvalue weighted by Crippen LogP contribution is 2.22. The molecule has 0 aliphatic rings. The van der Waals surface area contributed by atoms with Crippen molar-refractivity contribution in [2.24, 2.45) is 5.14 Å². The van der Waals surface area contributed by atoms with Gasteiger partial charge >= 0.3 is 0 Å². The average molecular weight is 335 g/mol. The van der Waals surface area contributed by atoms with Crippen LogP contribution in [0.5, 0.6) is 11.5 Å². The number of para-hydroxylation sites is 1. The molecule has 0 atom stereocenters. The molecule has 6 nitrogen and oxygen atoms in total. The largest absolute Gasteiger partial charge is 0.497 e. The van der Waals surface area contributed by atoms with Crippen LogP contribution in [0.3, 0.4) is 0 Å². The molecule has 0 heterocycles. The van der Waals surface area contributed by atoms with Crippen LogP contribution in [-0.4, -0.2) is 27.9 Å². The molecule has 0 saturated heterocycles. The molecule has 2 aromatic carbocycles. The predicted molar refractivity (Wildman–Crippen MR) is 85.3 cm³/mol. The monoisotopic (exact) mass is 335 g/mol. The highest BCUT2D eigenvalue weighted by Gasteiger charge is 2.14. The fourth-order valence-electron chi connectivity index (χ4n) is 1.98. The normalized spacial score (nSPS) is 11.0. The van der Waals surface area contributed by atoms with E-state index in [9.17, 15) is 13.2 Å². The number of benzene rings is 2. The fourth-order valence-corrected chi connectivity index (χ4v) is 2.66. The van der Waals surface area contributed by atoms with E-state index in [1.54, 1.807) is 43.5 Å². The zero-order chi connectivity index (χ0) is 16.9. The first-order valence-electron chi connectivity index (χ1n) is 6.83. The molecule has 23 heavy (non-hydrogen) atoms. The van der Waals surface area contributed by atoms with Gasteiger partial charge in [0, 0.05) is 12.0 Å². The van der Waals surface area contributed by atoms with Crippen LogP contribution in [0.2, 0.25) is 0 Å². The highest BCUT2D eigenvalue weighted by molar-refractivity contribution is 7.89. The van der Waals surface area contributed by atoms with Gasteiger partial charge in [-0.25, -0.2) is 13.6 Å². The van der Waals surface area contributed by atoms with Crippen molar-refractivity contribution in [3.63, 3.8) is 0 Å². The van der Waals surface area contributed by atoms with Crippen molar-refractivity contribution in [1.29, 1.82) is 0 Å². The topological polar surface area (TPSA) is 95.7 Å². The summed E-state index contributed by atoms with van der Waals surface area (Å²) in [5.74, 6) is 0.693. The number of ketones is 1. The Balaban J connectivity index is 1.98. The lowest BCUT2D eigenvalue weighted by atomic mass is 10.1. The van der Waals surface area contributed by atoms with Crippen LogP contribution in [0, 0.1) is 0 Å². The molecular formula is C16H17NO5S. The molecule has 0 amide bonds. The molecule has 0 unspecified atom stereocenters. The lowest BCUT2D eigenvalue weighted by Crippen LogP contribution is -2.14. The Hall–Kier alpha value is -2.38. The number of Topliss-reactive ketones (excluding diaryl/α,β-unsaturated/α-hetero) is 1. The van der Waals surface area contributed by atoms with Crippen LogP contribution in [0.15, 0.2) is 53.4 Å². The Kier molecular flexibility index (Phi) is 5.36. The van der Waals surface area contributed by atoms with Gasteiger partial charge in [-0.2, -0.15) is 0 Å². The van der Waals surface area contributed by atoms with Gasteiger partial charge in [0.05, 0.1) is 13.7 Å². The lowest BCUT2D eigenvalue weighted by Gasteiger charge is -2.09. The highest BCUT2D eigenvalue weighted by atomic mass is 32.2. The summed E-state index contributed by atoms with van der Waals surface area (Å²) in [4.78, 5) is 12.0. The second kappa shape index (κ2) is 7.26. The molecule has 0 spiro atoms. The van der Waals surface area contributed by atoms with Gasteiger partial charge in [-0.3, -0.25) is 4.79 Å². The van der Waals surface area contributed by atoms with Crippen molar-refractivity contribution < 1.29 is 22.7 Å². The number of ether oxygens (including phenoxy) is 2. The third-order valence-electron chi connectivity index (χ3n) is 3.15. The summed E-state index contributed by atoms with van der Waals surface area (Å²) >= 11 is 0. The Labute approximate surface area is 134 Å². The minimum Gasteiger partial charge on any atom is -0.497 e. The van der Waals surface area contributed by atoms with Crippen molar-refractivity contribution >= 4 is 15.8 Å². The standard InChI is InChI=1S/C16H17NO5S/c1-21-13-8-6-12(7-9-13)14(18)10-11-22-15-4-2-3-5-16(15)23(17,19)20/h2-9H,10-11H2,1H3,(H2,17,19,20). The Morgan fingerprint density at radius 3 is 2.35 bits per heavy atom. The molecule has 122 valence electrons. The third-order valence-corrected chi connectivity index (χ3v) is 4.10. The summed E-state index contributed by atoms with van der Waals surface area (Å²) in [6, 6.07) is 12.8. The summed E-state index contributed by atoms with van der Waals surface area (Å²) in [7, 11) is -2.32. The number of hydrogen-bond donors (Lipinski definition) is 1. The van der Waals surface area contributed by atoms with Gasteiger partial charge in [-0.1, -0.05) is 12.1 Å². The van der Waals surface area contributed by atoms with E-state index < -0.39 is 10.0 Å². The number of carbonyl (C=O) groups excluding carboxylic acids is 1. The summed E-state index contributed by atoms with van der Waals surface area (Å²) in [5, 5.41) is 5.12. The summed E-state index contributed by atoms with van der Waals surface area (Å²) in [5.41, 5.74) is 0.536. The van der Waals surface area contributed by atoms with Crippen LogP contribution < -0.4 is 14.6 Å². The first-order chi connectivity index (χ1) is 10.9. The second-order valence-corrected chi connectivity index (χ2v) is 6.27. The van der Waals surface area contributed by atoms with E-state index in [0.29, 0.717) is 11.3 Å². The van der Waals surface area contributed by atoms with Crippen LogP contribution in [0.4, 0.5) is 0 Å². The van der Waals surface area contributed by atoms with Gasteiger partial charge < -0.3 is 9.47 Å². The smallest absolute Gasteiger partial charge is 0.241 e. The van der Waals surface area contributed by atoms with Crippen molar-refractivity contribution in [2.45, 2.75) is 11.3 Å². The first kappa shape index (κ1) is 17.0. The maximum atomic E-state index is 12.1. The molecule has 0 aliphatic carbocycles. The van der Waals surface area contributed by atoms with Gasteiger partial charge in [0.2, 0.25) is 10.0 Å². The Bertz CT molecular complexity index is 784. The van der Waals surface area contributed by atoms with Gasteiger partial charge in [-0.15, -0.1) is 0 Å². The molecule has 0 bridgehead atoms. The minimum absolute atomic E-state index is 0.0530. The molecule has 2 aromatic rings. The molecule has 2 rings (SSSR count). The predicted octanol–water partition coefficient (Wildman–Crippen LogP) is 1.99. The van der Waals surface area contributed by atoms with Crippen LogP contribution in [0.25, 0.3) is 0 Å². The van der Waals surface area contributed by atoms with Crippen LogP contribution in [-0.2, 0) is 10.0 Å². The van der Waals surface area contributed by atoms with Gasteiger partial charge in [0.15, 0.2) is 5.78 Å². The van der Waals surface area contributed by atoms with Gasteiger partial charge in [-0.05, 0) is 36.4 Å². The quantitative estimate of drug-likeness (QED) is 0.781. The van der Waals surface area contributed by atoms with Crippen molar-refractivity contribution in [3.8, 4) is 11.5 Å². The SMILES string of the molecule is COc1ccc(C(=O)CCOc2ccccc2S(N)(=O)=O)cc1. The number of carbonyl (C=O) groups is 1. The van der Waals surface area contributed by atoms with Crippen LogP contribution >= 0.6 is 0 Å². The number of primary sulfonamides is 1. The maximum absolute atomic E-state index is 12.1. The van der Waals surface area contributed by atoms with E-state index in [1.165, 1.54) is 12.1 Å². The molecule has 0 aliphatic heterocycles. The van der Waals surface area contributed by atoms with E-state index in [2.05, 4.69) is 0 Å². The Morgan fingerprint density at radius 1 is 1.09 bits per heavy atom. The number of sulfonamides is 1. The van der Waals surface area contributed by atoms with Crippen molar-refractivity contribution in [1.82, 2.24) is 0 Å². The van der Waals surface area contributed by atoms with Gasteiger partial charge in [0.25, 0.3) is 0 Å². The number of hydrogen-bond acceptors (Lipinski definition) is 5. The number of nitrogens with two attached hydrogens (primary N) is 1. The van der Waals surface area contributed by atoms with E-state index in [0.717, 1.165) is 0 Å². The molecule has 0 saturated carbocycles. The number of methoxy groups -OCH3 is 1. The second-order valence-electron chi connectivity index (χ2n) is 4.74. The van der Waals surface area contributed by atoms with Crippen LogP contribution in [0.1, 0.15) is 16.8 Å². The lowest BCUT2D eigenvalue weighted by molar-refractivity contribution is 0.0961. The Morgan fingerprint density at radius 2 is 1.74 bits per heavy atom. The zero-order valence-electron chi connectivity index (χ0n) is 12.6. The van der Waals surface area contributed by atoms with E-state index in [1.807, 2.05) is 0 Å². The minimum atomic E-state index is -3.87. The fraction of sp³-hybridized carbons (Fsp3) is 0.188. The average Bonchev–Trinajstić information content (AvgIpc) is 2.54. The van der Waals surface area contributed by atoms with Gasteiger partial charge in [0.1, 0.15) is 16.4 Å². The summed E-state index contributed by atoms with van der Waals surface area (Å²) in [6.07, 6.45) is 0.116. The molecule has 0 radical (unpaired) electrons. The zero-order valence-corrected chi connectivity index (χ0v) is 13.4. The maximum Gasteiger partial charge on any atom is 0.241 e. The van der Waals surface area contributed by atoms with Crippen molar-refractivity contribution in [3.05, 3.63) is 54.1 Å². The van der Waals surface area contributed by atoms with Crippen molar-refractivity contribution in [2.75, 3.05) is 13.7 Å². The van der Waals surface area contributed by atoms with E-state index in [4.69, 9.17) is 14.6 Å². The number of rotatable bonds is 7. The summed E-state index contributed by atoms with van der Waals surface area (Å²) in [6.45, 7) is 0.0530. The molecule has 7 heteroatoms. The molecule has 0 aromatic heterocycles.